The number of carbonyl (C=O) groups excluding carboxylic acids is 1. The number of pyridine rings is 1. The number of hydrogen-bond donors (Lipinski definition) is 1. The molecule has 2 rings (SSSR count). The zero-order valence-electron chi connectivity index (χ0n) is 22.3. The predicted octanol–water partition coefficient (Wildman–Crippen LogP) is 7.49. The van der Waals surface area contributed by atoms with Crippen LogP contribution in [0.2, 0.25) is 10.0 Å². The number of allylic oxidation sites excluding steroid dienone is 1. The van der Waals surface area contributed by atoms with Crippen LogP contribution in [0, 0.1) is 16.7 Å². The summed E-state index contributed by atoms with van der Waals surface area (Å²) in [5.74, 6) is -0.510. The highest BCUT2D eigenvalue weighted by molar-refractivity contribution is 6.39. The molecular formula is C27H37Cl2F3N4O. The number of Topliss-reactive ketones (excluding diaryl/α,β-unsaturated/α-hetero) is 1. The lowest BCUT2D eigenvalue weighted by Crippen LogP contribution is -2.40. The number of carbonyl (C=O) groups is 1. The molecule has 0 unspecified atom stereocenters. The van der Waals surface area contributed by atoms with Gasteiger partial charge < -0.3 is 10.6 Å². The number of halogens is 5. The lowest BCUT2D eigenvalue weighted by molar-refractivity contribution is -0.0589. The quantitative estimate of drug-likeness (QED) is 0.203. The van der Waals surface area contributed by atoms with Crippen LogP contribution in [0.3, 0.4) is 0 Å². The van der Waals surface area contributed by atoms with Crippen LogP contribution in [0.25, 0.3) is 0 Å². The third-order valence-electron chi connectivity index (χ3n) is 6.46. The maximum Gasteiger partial charge on any atom is 0.433 e. The molecule has 0 aliphatic heterocycles. The molecule has 0 radical (unpaired) electrons. The van der Waals surface area contributed by atoms with E-state index in [4.69, 9.17) is 28.9 Å². The molecule has 1 heterocycles. The number of rotatable bonds is 8. The van der Waals surface area contributed by atoms with Gasteiger partial charge in [-0.3, -0.25) is 14.8 Å². The Balaban J connectivity index is 2.48. The van der Waals surface area contributed by atoms with Crippen molar-refractivity contribution >= 4 is 34.7 Å². The summed E-state index contributed by atoms with van der Waals surface area (Å²) in [6.07, 6.45) is 0.770. The Bertz CT molecular complexity index is 1050. The highest BCUT2D eigenvalue weighted by Gasteiger charge is 2.42. The van der Waals surface area contributed by atoms with Gasteiger partial charge in [0.05, 0.1) is 28.2 Å². The Morgan fingerprint density at radius 2 is 1.84 bits per heavy atom. The van der Waals surface area contributed by atoms with Crippen LogP contribution in [0.1, 0.15) is 71.2 Å². The molecule has 0 spiro atoms. The fourth-order valence-corrected chi connectivity index (χ4v) is 5.39. The van der Waals surface area contributed by atoms with Gasteiger partial charge in [0.25, 0.3) is 0 Å². The minimum absolute atomic E-state index is 0.0309. The number of nitrogens with zero attached hydrogens (tertiary/aromatic N) is 3. The SMILES string of the molecule is C=C(C(=CN)C(=N[C@H]1CCC(C)(C)C[C@H]1C)C(F)(F)F)N(CC(=O)c1c(Cl)cncc1Cl)CC(C)(C)C. The smallest absolute Gasteiger partial charge is 0.404 e. The molecule has 2 N–H and O–H groups in total. The van der Waals surface area contributed by atoms with E-state index in [9.17, 15) is 18.0 Å². The molecule has 1 fully saturated rings. The van der Waals surface area contributed by atoms with Crippen LogP contribution in [0.5, 0.6) is 0 Å². The average molecular weight is 562 g/mol. The van der Waals surface area contributed by atoms with E-state index >= 15 is 0 Å². The second kappa shape index (κ2) is 11.8. The summed E-state index contributed by atoms with van der Waals surface area (Å²) >= 11 is 12.3. The van der Waals surface area contributed by atoms with E-state index in [1.165, 1.54) is 17.3 Å². The van der Waals surface area contributed by atoms with Crippen LogP contribution in [-0.2, 0) is 0 Å². The first-order chi connectivity index (χ1) is 16.9. The van der Waals surface area contributed by atoms with Gasteiger partial charge in [-0.15, -0.1) is 0 Å². The number of aromatic nitrogens is 1. The van der Waals surface area contributed by atoms with E-state index in [-0.39, 0.29) is 51.3 Å². The monoisotopic (exact) mass is 560 g/mol. The molecule has 5 nitrogen and oxygen atoms in total. The minimum atomic E-state index is -4.77. The number of hydrogen-bond acceptors (Lipinski definition) is 5. The molecular weight excluding hydrogens is 524 g/mol. The first kappa shape index (κ1) is 31.2. The average Bonchev–Trinajstić information content (AvgIpc) is 2.72. The van der Waals surface area contributed by atoms with Gasteiger partial charge in [-0.1, -0.05) is 71.3 Å². The predicted molar refractivity (Wildman–Crippen MR) is 145 cm³/mol. The van der Waals surface area contributed by atoms with Crippen LogP contribution < -0.4 is 5.73 Å². The number of alkyl halides is 3. The molecule has 1 aromatic rings. The van der Waals surface area contributed by atoms with Gasteiger partial charge in [0.1, 0.15) is 5.71 Å². The molecule has 1 aliphatic carbocycles. The molecule has 1 saturated carbocycles. The molecule has 0 aromatic carbocycles. The summed E-state index contributed by atoms with van der Waals surface area (Å²) in [6.45, 7) is 15.7. The zero-order chi connectivity index (χ0) is 28.3. The third kappa shape index (κ3) is 8.47. The molecule has 0 amide bonds. The summed E-state index contributed by atoms with van der Waals surface area (Å²) in [6, 6.07) is -0.500. The van der Waals surface area contributed by atoms with Crippen molar-refractivity contribution in [2.75, 3.05) is 13.1 Å². The number of nitrogens with two attached hydrogens (primary N) is 1. The molecule has 10 heteroatoms. The van der Waals surface area contributed by atoms with Gasteiger partial charge in [0.2, 0.25) is 0 Å². The van der Waals surface area contributed by atoms with Crippen molar-refractivity contribution in [3.8, 4) is 0 Å². The van der Waals surface area contributed by atoms with Gasteiger partial charge in [0.15, 0.2) is 5.78 Å². The van der Waals surface area contributed by atoms with Gasteiger partial charge in [-0.2, -0.15) is 13.2 Å². The maximum atomic E-state index is 14.4. The summed E-state index contributed by atoms with van der Waals surface area (Å²) < 4.78 is 43.2. The topological polar surface area (TPSA) is 71.6 Å². The van der Waals surface area contributed by atoms with Crippen LogP contribution in [0.15, 0.2) is 41.4 Å². The molecule has 1 aromatic heterocycles. The normalized spacial score (nSPS) is 21.1. The maximum absolute atomic E-state index is 14.4. The lowest BCUT2D eigenvalue weighted by Gasteiger charge is -2.38. The molecule has 0 saturated heterocycles. The van der Waals surface area contributed by atoms with Crippen molar-refractivity contribution in [3.63, 3.8) is 0 Å². The molecule has 1 aliphatic rings. The van der Waals surface area contributed by atoms with Crippen molar-refractivity contribution in [2.24, 2.45) is 27.5 Å². The van der Waals surface area contributed by atoms with Crippen molar-refractivity contribution < 1.29 is 18.0 Å². The van der Waals surface area contributed by atoms with Gasteiger partial charge in [0, 0.05) is 36.4 Å². The summed E-state index contributed by atoms with van der Waals surface area (Å²) in [5, 5.41) is 0.111. The van der Waals surface area contributed by atoms with E-state index in [0.717, 1.165) is 19.0 Å². The third-order valence-corrected chi connectivity index (χ3v) is 7.03. The standard InChI is InChI=1S/C27H37Cl2F3N4O/c1-16-10-26(6,7)9-8-21(16)35-24(27(30,31)32)18(11-33)17(2)36(15-25(3,4)5)14-22(37)23-19(28)12-34-13-20(23)29/h11-13,16,21H,2,8-10,14-15,33H2,1,3-7H3/t16-,21+/m1/s1. The van der Waals surface area contributed by atoms with Gasteiger partial charge in [-0.25, -0.2) is 0 Å². The van der Waals surface area contributed by atoms with Crippen molar-refractivity contribution in [1.29, 1.82) is 0 Å². The van der Waals surface area contributed by atoms with Crippen molar-refractivity contribution in [3.05, 3.63) is 52.1 Å². The summed E-state index contributed by atoms with van der Waals surface area (Å²) in [5.41, 5.74) is 4.00. The van der Waals surface area contributed by atoms with E-state index in [1.807, 2.05) is 27.7 Å². The Morgan fingerprint density at radius 1 is 1.27 bits per heavy atom. The second-order valence-electron chi connectivity index (χ2n) is 11.8. The van der Waals surface area contributed by atoms with E-state index < -0.39 is 29.1 Å². The van der Waals surface area contributed by atoms with Gasteiger partial charge in [-0.05, 0) is 36.0 Å². The Kier molecular flexibility index (Phi) is 9.91. The highest BCUT2D eigenvalue weighted by atomic mass is 35.5. The second-order valence-corrected chi connectivity index (χ2v) is 12.6. The molecule has 0 bridgehead atoms. The fourth-order valence-electron chi connectivity index (χ4n) is 4.82. The largest absolute Gasteiger partial charge is 0.433 e. The Labute approximate surface area is 228 Å². The molecule has 37 heavy (non-hydrogen) atoms. The van der Waals surface area contributed by atoms with Crippen molar-refractivity contribution in [2.45, 2.75) is 73.0 Å². The number of ketones is 1. The summed E-state index contributed by atoms with van der Waals surface area (Å²) in [4.78, 5) is 22.7. The van der Waals surface area contributed by atoms with E-state index in [1.54, 1.807) is 0 Å². The Morgan fingerprint density at radius 3 is 2.30 bits per heavy atom. The van der Waals surface area contributed by atoms with Crippen LogP contribution in [0.4, 0.5) is 13.2 Å². The zero-order valence-corrected chi connectivity index (χ0v) is 23.9. The van der Waals surface area contributed by atoms with Crippen LogP contribution >= 0.6 is 23.2 Å². The minimum Gasteiger partial charge on any atom is -0.404 e. The first-order valence-corrected chi connectivity index (χ1v) is 13.0. The van der Waals surface area contributed by atoms with Gasteiger partial charge >= 0.3 is 6.18 Å². The molecule has 206 valence electrons. The van der Waals surface area contributed by atoms with Crippen molar-refractivity contribution in [1.82, 2.24) is 9.88 Å². The first-order valence-electron chi connectivity index (χ1n) is 12.2. The fraction of sp³-hybridized carbons (Fsp3) is 0.593. The molecule has 2 atom stereocenters. The Hall–Kier alpha value is -2.06. The van der Waals surface area contributed by atoms with E-state index in [0.29, 0.717) is 6.42 Å². The lowest BCUT2D eigenvalue weighted by atomic mass is 9.70. The highest BCUT2D eigenvalue weighted by Crippen LogP contribution is 2.41. The van der Waals surface area contributed by atoms with E-state index in [2.05, 4.69) is 30.4 Å². The summed E-state index contributed by atoms with van der Waals surface area (Å²) in [7, 11) is 0. The number of aliphatic imine (C=N–C) groups is 1. The van der Waals surface area contributed by atoms with Crippen LogP contribution in [-0.4, -0.2) is 46.7 Å².